The minimum atomic E-state index is 0.640. The SMILES string of the molecule is N=C/C(=C\Nc1cccc(N)c1)c1cnc2ccccc2n1. The largest absolute Gasteiger partial charge is 0.399 e. The fourth-order valence-electron chi connectivity index (χ4n) is 2.08. The summed E-state index contributed by atoms with van der Waals surface area (Å²) in [4.78, 5) is 8.89. The van der Waals surface area contributed by atoms with E-state index in [1.54, 1.807) is 12.4 Å². The molecule has 0 aliphatic carbocycles. The van der Waals surface area contributed by atoms with Gasteiger partial charge in [-0.05, 0) is 30.3 Å². The smallest absolute Gasteiger partial charge is 0.0922 e. The van der Waals surface area contributed by atoms with Gasteiger partial charge in [0.25, 0.3) is 0 Å². The van der Waals surface area contributed by atoms with Crippen LogP contribution in [0.3, 0.4) is 0 Å². The number of anilines is 2. The van der Waals surface area contributed by atoms with Crippen LogP contribution in [-0.2, 0) is 0 Å². The maximum atomic E-state index is 7.59. The molecule has 0 aliphatic rings. The van der Waals surface area contributed by atoms with Crippen LogP contribution >= 0.6 is 0 Å². The van der Waals surface area contributed by atoms with Crippen LogP contribution < -0.4 is 11.1 Å². The van der Waals surface area contributed by atoms with Gasteiger partial charge in [0.05, 0.1) is 22.9 Å². The predicted octanol–water partition coefficient (Wildman–Crippen LogP) is 3.31. The van der Waals surface area contributed by atoms with Gasteiger partial charge in [-0.2, -0.15) is 0 Å². The minimum absolute atomic E-state index is 0.640. The number of nitrogen functional groups attached to an aromatic ring is 1. The lowest BCUT2D eigenvalue weighted by atomic mass is 10.2. The van der Waals surface area contributed by atoms with Crippen molar-refractivity contribution in [1.82, 2.24) is 9.97 Å². The Balaban J connectivity index is 1.91. The van der Waals surface area contributed by atoms with E-state index in [1.807, 2.05) is 48.5 Å². The van der Waals surface area contributed by atoms with Crippen LogP contribution in [0.15, 0.2) is 60.9 Å². The van der Waals surface area contributed by atoms with Gasteiger partial charge < -0.3 is 16.5 Å². The molecule has 0 unspecified atom stereocenters. The van der Waals surface area contributed by atoms with E-state index in [1.165, 1.54) is 6.21 Å². The zero-order chi connectivity index (χ0) is 15.4. The first-order valence-electron chi connectivity index (χ1n) is 6.81. The number of rotatable bonds is 4. The molecule has 0 aliphatic heterocycles. The van der Waals surface area contributed by atoms with Crippen molar-refractivity contribution in [3.05, 3.63) is 66.6 Å². The lowest BCUT2D eigenvalue weighted by molar-refractivity contribution is 1.26. The molecule has 5 heteroatoms. The van der Waals surface area contributed by atoms with E-state index in [0.29, 0.717) is 17.0 Å². The van der Waals surface area contributed by atoms with Crippen LogP contribution in [0.5, 0.6) is 0 Å². The lowest BCUT2D eigenvalue weighted by Gasteiger charge is -2.05. The zero-order valence-corrected chi connectivity index (χ0v) is 11.8. The summed E-state index contributed by atoms with van der Waals surface area (Å²) in [5.74, 6) is 0. The quantitative estimate of drug-likeness (QED) is 0.508. The van der Waals surface area contributed by atoms with Crippen molar-refractivity contribution in [3.63, 3.8) is 0 Å². The Labute approximate surface area is 128 Å². The van der Waals surface area contributed by atoms with E-state index in [9.17, 15) is 0 Å². The summed E-state index contributed by atoms with van der Waals surface area (Å²) in [5.41, 5.74) is 10.2. The van der Waals surface area contributed by atoms with Gasteiger partial charge in [0.1, 0.15) is 0 Å². The Morgan fingerprint density at radius 1 is 1.09 bits per heavy atom. The summed E-state index contributed by atoms with van der Waals surface area (Å²) in [6, 6.07) is 15.1. The van der Waals surface area contributed by atoms with Crippen LogP contribution in [0.1, 0.15) is 5.69 Å². The second kappa shape index (κ2) is 6.05. The molecule has 108 valence electrons. The summed E-state index contributed by atoms with van der Waals surface area (Å²) in [7, 11) is 0. The van der Waals surface area contributed by atoms with Crippen molar-refractivity contribution >= 4 is 34.2 Å². The van der Waals surface area contributed by atoms with Gasteiger partial charge in [0.15, 0.2) is 0 Å². The molecule has 0 atom stereocenters. The van der Waals surface area contributed by atoms with Crippen molar-refractivity contribution in [2.75, 3.05) is 11.1 Å². The maximum Gasteiger partial charge on any atom is 0.0922 e. The second-order valence-corrected chi connectivity index (χ2v) is 4.76. The fraction of sp³-hybridized carbons (Fsp3) is 0. The molecule has 0 spiro atoms. The van der Waals surface area contributed by atoms with E-state index in [4.69, 9.17) is 11.1 Å². The Morgan fingerprint density at radius 3 is 2.68 bits per heavy atom. The molecule has 2 aromatic carbocycles. The number of nitrogens with one attached hydrogen (secondary N) is 2. The molecule has 4 N–H and O–H groups in total. The number of allylic oxidation sites excluding steroid dienone is 1. The molecule has 0 amide bonds. The summed E-state index contributed by atoms with van der Waals surface area (Å²) < 4.78 is 0. The lowest BCUT2D eigenvalue weighted by Crippen LogP contribution is -1.97. The summed E-state index contributed by atoms with van der Waals surface area (Å²) in [6.45, 7) is 0. The molecule has 0 saturated heterocycles. The third-order valence-corrected chi connectivity index (χ3v) is 3.18. The Morgan fingerprint density at radius 2 is 1.91 bits per heavy atom. The van der Waals surface area contributed by atoms with Crippen molar-refractivity contribution < 1.29 is 0 Å². The van der Waals surface area contributed by atoms with Gasteiger partial charge >= 0.3 is 0 Å². The highest BCUT2D eigenvalue weighted by Crippen LogP contribution is 2.16. The summed E-state index contributed by atoms with van der Waals surface area (Å²) in [6.07, 6.45) is 4.64. The highest BCUT2D eigenvalue weighted by molar-refractivity contribution is 6.08. The van der Waals surface area contributed by atoms with E-state index in [2.05, 4.69) is 15.3 Å². The Hall–Kier alpha value is -3.21. The van der Waals surface area contributed by atoms with Crippen LogP contribution in [0.4, 0.5) is 11.4 Å². The Bertz CT molecular complexity index is 854. The minimum Gasteiger partial charge on any atom is -0.399 e. The van der Waals surface area contributed by atoms with Crippen molar-refractivity contribution in [2.24, 2.45) is 0 Å². The zero-order valence-electron chi connectivity index (χ0n) is 11.8. The molecule has 3 rings (SSSR count). The molecular weight excluding hydrogens is 274 g/mol. The Kier molecular flexibility index (Phi) is 3.78. The molecule has 1 aromatic heterocycles. The van der Waals surface area contributed by atoms with Gasteiger partial charge in [0.2, 0.25) is 0 Å². The third kappa shape index (κ3) is 2.93. The van der Waals surface area contributed by atoms with E-state index < -0.39 is 0 Å². The topological polar surface area (TPSA) is 87.7 Å². The summed E-state index contributed by atoms with van der Waals surface area (Å²) >= 11 is 0. The highest BCUT2D eigenvalue weighted by atomic mass is 14.9. The highest BCUT2D eigenvalue weighted by Gasteiger charge is 2.03. The molecular formula is C17H15N5. The average molecular weight is 289 g/mol. The first-order chi connectivity index (χ1) is 10.8. The predicted molar refractivity (Wildman–Crippen MR) is 90.8 cm³/mol. The molecule has 0 saturated carbocycles. The molecule has 0 bridgehead atoms. The molecule has 1 heterocycles. The third-order valence-electron chi connectivity index (χ3n) is 3.18. The van der Waals surface area contributed by atoms with Gasteiger partial charge in [-0.25, -0.2) is 4.98 Å². The number of nitrogens with two attached hydrogens (primary N) is 1. The van der Waals surface area contributed by atoms with Gasteiger partial charge in [-0.1, -0.05) is 18.2 Å². The molecule has 0 radical (unpaired) electrons. The van der Waals surface area contributed by atoms with Crippen molar-refractivity contribution in [3.8, 4) is 0 Å². The van der Waals surface area contributed by atoms with Crippen molar-refractivity contribution in [1.29, 1.82) is 5.41 Å². The monoisotopic (exact) mass is 289 g/mol. The first-order valence-corrected chi connectivity index (χ1v) is 6.81. The van der Waals surface area contributed by atoms with Gasteiger partial charge in [-0.3, -0.25) is 4.98 Å². The van der Waals surface area contributed by atoms with E-state index in [-0.39, 0.29) is 0 Å². The van der Waals surface area contributed by atoms with Crippen LogP contribution in [0, 0.1) is 5.41 Å². The molecule has 3 aromatic rings. The first kappa shape index (κ1) is 13.8. The molecule has 22 heavy (non-hydrogen) atoms. The van der Waals surface area contributed by atoms with Crippen LogP contribution in [0.2, 0.25) is 0 Å². The number of nitrogens with zero attached hydrogens (tertiary/aromatic N) is 2. The summed E-state index contributed by atoms with van der Waals surface area (Å²) in [5, 5.41) is 10.7. The second-order valence-electron chi connectivity index (χ2n) is 4.76. The normalized spacial score (nSPS) is 11.4. The van der Waals surface area contributed by atoms with Gasteiger partial charge in [-0.15, -0.1) is 0 Å². The van der Waals surface area contributed by atoms with Crippen LogP contribution in [-0.4, -0.2) is 16.2 Å². The standard InChI is InChI=1S/C17H15N5/c18-9-12(10-20-14-5-3-4-13(19)8-14)17-11-21-15-6-1-2-7-16(15)22-17/h1-11,18,20H,19H2/b12-10+,18-9?. The van der Waals surface area contributed by atoms with E-state index in [0.717, 1.165) is 16.7 Å². The van der Waals surface area contributed by atoms with Crippen molar-refractivity contribution in [2.45, 2.75) is 0 Å². The van der Waals surface area contributed by atoms with Gasteiger partial charge in [0, 0.05) is 29.4 Å². The van der Waals surface area contributed by atoms with Crippen LogP contribution in [0.25, 0.3) is 16.6 Å². The number of fused-ring (bicyclic) bond motifs is 1. The maximum absolute atomic E-state index is 7.59. The number of aromatic nitrogens is 2. The number of hydrogen-bond acceptors (Lipinski definition) is 5. The number of hydrogen-bond donors (Lipinski definition) is 3. The fourth-order valence-corrected chi connectivity index (χ4v) is 2.08. The average Bonchev–Trinajstić information content (AvgIpc) is 2.55. The number of para-hydroxylation sites is 2. The molecule has 5 nitrogen and oxygen atoms in total. The molecule has 0 fully saturated rings. The number of benzene rings is 2. The van der Waals surface area contributed by atoms with E-state index >= 15 is 0 Å².